The van der Waals surface area contributed by atoms with E-state index in [0.717, 1.165) is 19.3 Å². The first-order chi connectivity index (χ1) is 17.0. The number of hydrogen-bond acceptors (Lipinski definition) is 5. The van der Waals surface area contributed by atoms with E-state index < -0.39 is 10.0 Å². The van der Waals surface area contributed by atoms with E-state index in [1.807, 2.05) is 42.5 Å². The Hall–Kier alpha value is -3.36. The van der Waals surface area contributed by atoms with Crippen molar-refractivity contribution in [3.05, 3.63) is 78.4 Å². The molecule has 0 saturated carbocycles. The average Bonchev–Trinajstić information content (AvgIpc) is 2.89. The molecule has 1 N–H and O–H groups in total. The zero-order valence-electron chi connectivity index (χ0n) is 19.8. The Bertz CT molecular complexity index is 1260. The van der Waals surface area contributed by atoms with Crippen LogP contribution in [0.1, 0.15) is 31.2 Å². The Labute approximate surface area is 206 Å². The molecule has 3 aromatic rings. The summed E-state index contributed by atoms with van der Waals surface area (Å²) in [6.07, 6.45) is 3.29. The van der Waals surface area contributed by atoms with Gasteiger partial charge in [0.1, 0.15) is 11.5 Å². The number of benzene rings is 3. The van der Waals surface area contributed by atoms with Crippen molar-refractivity contribution in [2.75, 3.05) is 25.5 Å². The second-order valence-corrected chi connectivity index (χ2v) is 10.3. The first-order valence-electron chi connectivity index (χ1n) is 11.8. The lowest BCUT2D eigenvalue weighted by atomic mass is 10.1. The lowest BCUT2D eigenvalue weighted by Gasteiger charge is -2.26. The van der Waals surface area contributed by atoms with Crippen LogP contribution < -0.4 is 14.8 Å². The fourth-order valence-corrected chi connectivity index (χ4v) is 5.67. The van der Waals surface area contributed by atoms with Crippen molar-refractivity contribution in [2.24, 2.45) is 0 Å². The summed E-state index contributed by atoms with van der Waals surface area (Å²) in [6, 6.07) is 21.4. The lowest BCUT2D eigenvalue weighted by Crippen LogP contribution is -2.35. The number of carbonyl (C=O) groups excluding carboxylic acids is 1. The van der Waals surface area contributed by atoms with Crippen LogP contribution in [-0.2, 0) is 21.2 Å². The molecule has 7 nitrogen and oxygen atoms in total. The number of rotatable bonds is 9. The second-order valence-electron chi connectivity index (χ2n) is 8.40. The molecule has 1 aliphatic heterocycles. The predicted octanol–water partition coefficient (Wildman–Crippen LogP) is 5.23. The highest BCUT2D eigenvalue weighted by molar-refractivity contribution is 7.89. The SMILES string of the molecule is COc1ccc(S(=O)(=O)N2CCCCC2)cc1CCC(=O)Nc1ccccc1Oc1ccccc1. The number of carbonyl (C=O) groups is 1. The Morgan fingerprint density at radius 3 is 2.37 bits per heavy atom. The van der Waals surface area contributed by atoms with Gasteiger partial charge in [-0.15, -0.1) is 0 Å². The highest BCUT2D eigenvalue weighted by Crippen LogP contribution is 2.30. The smallest absolute Gasteiger partial charge is 0.243 e. The summed E-state index contributed by atoms with van der Waals surface area (Å²) in [5, 5.41) is 2.90. The molecular weight excluding hydrogens is 464 g/mol. The van der Waals surface area contributed by atoms with Crippen LogP contribution in [0.25, 0.3) is 0 Å². The van der Waals surface area contributed by atoms with Crippen molar-refractivity contribution in [1.29, 1.82) is 0 Å². The van der Waals surface area contributed by atoms with Crippen LogP contribution in [-0.4, -0.2) is 38.8 Å². The van der Waals surface area contributed by atoms with E-state index in [1.54, 1.807) is 34.6 Å². The van der Waals surface area contributed by atoms with Gasteiger partial charge in [-0.1, -0.05) is 36.8 Å². The monoisotopic (exact) mass is 494 g/mol. The molecule has 0 aliphatic carbocycles. The van der Waals surface area contributed by atoms with Crippen molar-refractivity contribution >= 4 is 21.6 Å². The van der Waals surface area contributed by atoms with Gasteiger partial charge >= 0.3 is 0 Å². The maximum atomic E-state index is 13.1. The number of piperidine rings is 1. The van der Waals surface area contributed by atoms with Gasteiger partial charge in [0.2, 0.25) is 15.9 Å². The molecule has 3 aromatic carbocycles. The Balaban J connectivity index is 1.45. The molecule has 0 aromatic heterocycles. The molecule has 1 saturated heterocycles. The van der Waals surface area contributed by atoms with Gasteiger partial charge in [0.25, 0.3) is 0 Å². The molecule has 8 heteroatoms. The summed E-state index contributed by atoms with van der Waals surface area (Å²) in [5.41, 5.74) is 1.24. The van der Waals surface area contributed by atoms with Gasteiger partial charge in [0, 0.05) is 19.5 Å². The van der Waals surface area contributed by atoms with Crippen LogP contribution >= 0.6 is 0 Å². The fourth-order valence-electron chi connectivity index (χ4n) is 4.10. The Morgan fingerprint density at radius 1 is 0.914 bits per heavy atom. The molecule has 0 unspecified atom stereocenters. The highest BCUT2D eigenvalue weighted by Gasteiger charge is 2.26. The third-order valence-corrected chi connectivity index (χ3v) is 7.85. The van der Waals surface area contributed by atoms with E-state index in [0.29, 0.717) is 48.0 Å². The van der Waals surface area contributed by atoms with Crippen molar-refractivity contribution in [1.82, 2.24) is 4.31 Å². The molecule has 0 bridgehead atoms. The summed E-state index contributed by atoms with van der Waals surface area (Å²) < 4.78 is 39.1. The van der Waals surface area contributed by atoms with Crippen LogP contribution in [0, 0.1) is 0 Å². The summed E-state index contributed by atoms with van der Waals surface area (Å²) in [6.45, 7) is 1.08. The second kappa shape index (κ2) is 11.4. The number of para-hydroxylation sites is 3. The molecule has 4 rings (SSSR count). The molecule has 0 spiro atoms. The highest BCUT2D eigenvalue weighted by atomic mass is 32.2. The normalized spacial score (nSPS) is 14.3. The van der Waals surface area contributed by atoms with Gasteiger partial charge < -0.3 is 14.8 Å². The molecule has 1 fully saturated rings. The summed E-state index contributed by atoms with van der Waals surface area (Å²) >= 11 is 0. The van der Waals surface area contributed by atoms with E-state index in [2.05, 4.69) is 5.32 Å². The zero-order valence-corrected chi connectivity index (χ0v) is 20.6. The number of sulfonamides is 1. The number of methoxy groups -OCH3 is 1. The van der Waals surface area contributed by atoms with Gasteiger partial charge in [-0.2, -0.15) is 4.31 Å². The van der Waals surface area contributed by atoms with E-state index in [9.17, 15) is 13.2 Å². The topological polar surface area (TPSA) is 84.9 Å². The van der Waals surface area contributed by atoms with Crippen LogP contribution in [0.4, 0.5) is 5.69 Å². The van der Waals surface area contributed by atoms with Gasteiger partial charge in [-0.05, 0) is 67.3 Å². The van der Waals surface area contributed by atoms with Gasteiger partial charge in [0.05, 0.1) is 17.7 Å². The molecule has 35 heavy (non-hydrogen) atoms. The third kappa shape index (κ3) is 6.21. The van der Waals surface area contributed by atoms with E-state index in [-0.39, 0.29) is 17.2 Å². The van der Waals surface area contributed by atoms with Gasteiger partial charge in [-0.25, -0.2) is 8.42 Å². The minimum atomic E-state index is -3.57. The predicted molar refractivity (Wildman–Crippen MR) is 136 cm³/mol. The zero-order chi connectivity index (χ0) is 24.7. The van der Waals surface area contributed by atoms with E-state index in [1.165, 1.54) is 7.11 Å². The standard InChI is InChI=1S/C27H30N2O5S/c1-33-25-16-15-23(35(31,32)29-18-8-3-9-19-29)20-21(25)14-17-27(30)28-24-12-6-7-13-26(24)34-22-10-4-2-5-11-22/h2,4-7,10-13,15-16,20H,3,8-9,14,17-19H2,1H3,(H,28,30). The van der Waals surface area contributed by atoms with Crippen molar-refractivity contribution in [2.45, 2.75) is 37.0 Å². The molecular formula is C27H30N2O5S. The molecule has 0 atom stereocenters. The van der Waals surface area contributed by atoms with E-state index >= 15 is 0 Å². The largest absolute Gasteiger partial charge is 0.496 e. The number of ether oxygens (including phenoxy) is 2. The third-order valence-electron chi connectivity index (χ3n) is 5.96. The number of anilines is 1. The van der Waals surface area contributed by atoms with Crippen molar-refractivity contribution in [3.63, 3.8) is 0 Å². The van der Waals surface area contributed by atoms with Crippen LogP contribution in [0.5, 0.6) is 17.2 Å². The number of hydrogen-bond donors (Lipinski definition) is 1. The maximum Gasteiger partial charge on any atom is 0.243 e. The van der Waals surface area contributed by atoms with Gasteiger partial charge in [0.15, 0.2) is 5.75 Å². The summed E-state index contributed by atoms with van der Waals surface area (Å²) in [7, 11) is -2.03. The molecule has 1 heterocycles. The van der Waals surface area contributed by atoms with E-state index in [4.69, 9.17) is 9.47 Å². The quantitative estimate of drug-likeness (QED) is 0.440. The number of nitrogens with one attached hydrogen (secondary N) is 1. The van der Waals surface area contributed by atoms with Crippen molar-refractivity contribution in [3.8, 4) is 17.2 Å². The first-order valence-corrected chi connectivity index (χ1v) is 13.2. The minimum Gasteiger partial charge on any atom is -0.496 e. The molecule has 1 amide bonds. The first kappa shape index (κ1) is 24.8. The minimum absolute atomic E-state index is 0.156. The number of aryl methyl sites for hydroxylation is 1. The van der Waals surface area contributed by atoms with Crippen LogP contribution in [0.15, 0.2) is 77.7 Å². The van der Waals surface area contributed by atoms with Crippen LogP contribution in [0.2, 0.25) is 0 Å². The summed E-state index contributed by atoms with van der Waals surface area (Å²) in [5.74, 6) is 1.56. The fraction of sp³-hybridized carbons (Fsp3) is 0.296. The summed E-state index contributed by atoms with van der Waals surface area (Å²) in [4.78, 5) is 13.0. The van der Waals surface area contributed by atoms with Gasteiger partial charge in [-0.3, -0.25) is 4.79 Å². The number of amides is 1. The van der Waals surface area contributed by atoms with Crippen LogP contribution in [0.3, 0.4) is 0 Å². The Kier molecular flexibility index (Phi) is 8.05. The molecule has 1 aliphatic rings. The average molecular weight is 495 g/mol. The molecule has 184 valence electrons. The Morgan fingerprint density at radius 2 is 1.63 bits per heavy atom. The maximum absolute atomic E-state index is 13.1. The van der Waals surface area contributed by atoms with Crippen molar-refractivity contribution < 1.29 is 22.7 Å². The molecule has 0 radical (unpaired) electrons. The number of nitrogens with zero attached hydrogens (tertiary/aromatic N) is 1. The lowest BCUT2D eigenvalue weighted by molar-refractivity contribution is -0.116.